The molecule has 0 saturated carbocycles. The number of carboxylic acids is 1. The molecule has 6 heteroatoms. The van der Waals surface area contributed by atoms with Crippen molar-refractivity contribution in [1.82, 2.24) is 5.32 Å². The molecule has 0 aliphatic heterocycles. The molecule has 0 aromatic rings. The Labute approximate surface area is 87.1 Å². The zero-order valence-electron chi connectivity index (χ0n) is 8.56. The molecule has 15 heavy (non-hydrogen) atoms. The number of carbonyl (C=O) groups is 3. The average Bonchev–Trinajstić information content (AvgIpc) is 2.09. The molecule has 0 aliphatic rings. The second-order valence-electron chi connectivity index (χ2n) is 3.30. The molecule has 0 heterocycles. The second-order valence-corrected chi connectivity index (χ2v) is 3.30. The molecule has 2 amide bonds. The minimum atomic E-state index is -1.23. The summed E-state index contributed by atoms with van der Waals surface area (Å²) in [6.07, 6.45) is 1.52. The molecule has 0 bridgehead atoms. The number of rotatable bonds is 5. The van der Waals surface area contributed by atoms with Crippen molar-refractivity contribution in [2.75, 3.05) is 0 Å². The first-order valence-corrected chi connectivity index (χ1v) is 4.35. The highest BCUT2D eigenvalue weighted by Crippen LogP contribution is 2.00. The summed E-state index contributed by atoms with van der Waals surface area (Å²) in [5, 5.41) is 10.6. The number of carbonyl (C=O) groups excluding carboxylic acids is 2. The summed E-state index contributed by atoms with van der Waals surface area (Å²) in [7, 11) is 0. The summed E-state index contributed by atoms with van der Waals surface area (Å²) in [5.74, 6) is -2.69. The number of hydrogen-bond donors (Lipinski definition) is 3. The van der Waals surface area contributed by atoms with Crippen molar-refractivity contribution in [3.63, 3.8) is 0 Å². The van der Waals surface area contributed by atoms with Crippen molar-refractivity contribution in [3.8, 4) is 0 Å². The first-order chi connectivity index (χ1) is 6.84. The summed E-state index contributed by atoms with van der Waals surface area (Å²) in [4.78, 5) is 32.1. The van der Waals surface area contributed by atoms with Crippen LogP contribution >= 0.6 is 0 Å². The van der Waals surface area contributed by atoms with E-state index in [9.17, 15) is 14.4 Å². The van der Waals surface area contributed by atoms with Crippen LogP contribution < -0.4 is 11.1 Å². The molecule has 0 aromatic carbocycles. The molecule has 0 aliphatic carbocycles. The predicted molar refractivity (Wildman–Crippen MR) is 52.7 cm³/mol. The molecule has 0 spiro atoms. The Hall–Kier alpha value is -1.85. The van der Waals surface area contributed by atoms with E-state index >= 15 is 0 Å². The molecule has 0 rings (SSSR count). The van der Waals surface area contributed by atoms with E-state index < -0.39 is 23.8 Å². The van der Waals surface area contributed by atoms with Crippen LogP contribution in [0.3, 0.4) is 0 Å². The third-order valence-corrected chi connectivity index (χ3v) is 1.65. The Morgan fingerprint density at radius 3 is 2.13 bits per heavy atom. The fraction of sp³-hybridized carbons (Fsp3) is 0.444. The van der Waals surface area contributed by atoms with Gasteiger partial charge in [-0.25, -0.2) is 4.79 Å². The number of hydrogen-bond acceptors (Lipinski definition) is 3. The zero-order valence-corrected chi connectivity index (χ0v) is 8.56. The first-order valence-electron chi connectivity index (χ1n) is 4.35. The van der Waals surface area contributed by atoms with E-state index in [0.717, 1.165) is 6.08 Å². The van der Waals surface area contributed by atoms with E-state index in [1.54, 1.807) is 13.8 Å². The molecule has 6 nitrogen and oxygen atoms in total. The van der Waals surface area contributed by atoms with Crippen molar-refractivity contribution in [3.05, 3.63) is 12.2 Å². The third-order valence-electron chi connectivity index (χ3n) is 1.65. The van der Waals surface area contributed by atoms with E-state index in [-0.39, 0.29) is 5.92 Å². The van der Waals surface area contributed by atoms with Crippen LogP contribution in [0.1, 0.15) is 13.8 Å². The van der Waals surface area contributed by atoms with Gasteiger partial charge in [0.2, 0.25) is 11.8 Å². The topological polar surface area (TPSA) is 109 Å². The normalized spacial score (nSPS) is 12.7. The van der Waals surface area contributed by atoms with Crippen LogP contribution in [0.2, 0.25) is 0 Å². The monoisotopic (exact) mass is 214 g/mol. The van der Waals surface area contributed by atoms with Gasteiger partial charge in [-0.3, -0.25) is 9.59 Å². The summed E-state index contributed by atoms with van der Waals surface area (Å²) < 4.78 is 0. The summed E-state index contributed by atoms with van der Waals surface area (Å²) >= 11 is 0. The van der Waals surface area contributed by atoms with E-state index in [1.807, 2.05) is 0 Å². The maximum atomic E-state index is 11.1. The van der Waals surface area contributed by atoms with Crippen LogP contribution in [0.15, 0.2) is 12.2 Å². The van der Waals surface area contributed by atoms with Gasteiger partial charge in [0.05, 0.1) is 0 Å². The van der Waals surface area contributed by atoms with Crippen LogP contribution in [0.5, 0.6) is 0 Å². The van der Waals surface area contributed by atoms with E-state index in [0.29, 0.717) is 6.08 Å². The number of amides is 2. The second kappa shape index (κ2) is 5.79. The number of primary amides is 1. The lowest BCUT2D eigenvalue weighted by atomic mass is 10.0. The summed E-state index contributed by atoms with van der Waals surface area (Å²) in [6.45, 7) is 3.44. The van der Waals surface area contributed by atoms with Crippen molar-refractivity contribution < 1.29 is 19.5 Å². The smallest absolute Gasteiger partial charge is 0.328 e. The molecule has 84 valence electrons. The van der Waals surface area contributed by atoms with Crippen molar-refractivity contribution in [2.45, 2.75) is 19.9 Å². The van der Waals surface area contributed by atoms with Crippen molar-refractivity contribution in [2.24, 2.45) is 11.7 Å². The summed E-state index contributed by atoms with van der Waals surface area (Å²) in [5.41, 5.74) is 5.05. The van der Waals surface area contributed by atoms with Crippen molar-refractivity contribution in [1.29, 1.82) is 0 Å². The highest BCUT2D eigenvalue weighted by Gasteiger charge is 2.20. The van der Waals surface area contributed by atoms with Gasteiger partial charge in [-0.15, -0.1) is 0 Å². The molecule has 1 atom stereocenters. The molecular formula is C9H14N2O4. The minimum Gasteiger partial charge on any atom is -0.478 e. The van der Waals surface area contributed by atoms with Gasteiger partial charge >= 0.3 is 5.97 Å². The Morgan fingerprint density at radius 1 is 1.27 bits per heavy atom. The number of nitrogens with two attached hydrogens (primary N) is 1. The van der Waals surface area contributed by atoms with Gasteiger partial charge in [0.25, 0.3) is 0 Å². The highest BCUT2D eigenvalue weighted by molar-refractivity contribution is 5.96. The lowest BCUT2D eigenvalue weighted by Gasteiger charge is -2.17. The molecular weight excluding hydrogens is 200 g/mol. The molecule has 0 saturated heterocycles. The quantitative estimate of drug-likeness (QED) is 0.523. The Morgan fingerprint density at radius 2 is 1.80 bits per heavy atom. The Balaban J connectivity index is 4.37. The van der Waals surface area contributed by atoms with Gasteiger partial charge < -0.3 is 16.2 Å². The standard InChI is InChI=1S/C9H14N2O4/c1-5(2)8(9(10)15)11-6(12)3-4-7(13)14/h3-5,8H,1-2H3,(H2,10,15)(H,11,12)(H,13,14). The number of aliphatic carboxylic acids is 1. The van der Waals surface area contributed by atoms with Gasteiger partial charge in [-0.05, 0) is 5.92 Å². The van der Waals surface area contributed by atoms with Gasteiger partial charge in [-0.2, -0.15) is 0 Å². The highest BCUT2D eigenvalue weighted by atomic mass is 16.4. The maximum absolute atomic E-state index is 11.1. The van der Waals surface area contributed by atoms with Crippen LogP contribution in [-0.2, 0) is 14.4 Å². The first kappa shape index (κ1) is 13.2. The van der Waals surface area contributed by atoms with Crippen LogP contribution in [0.25, 0.3) is 0 Å². The van der Waals surface area contributed by atoms with E-state index in [1.165, 1.54) is 0 Å². The van der Waals surface area contributed by atoms with Gasteiger partial charge in [0.15, 0.2) is 0 Å². The van der Waals surface area contributed by atoms with E-state index in [4.69, 9.17) is 10.8 Å². The maximum Gasteiger partial charge on any atom is 0.328 e. The number of nitrogens with one attached hydrogen (secondary N) is 1. The van der Waals surface area contributed by atoms with E-state index in [2.05, 4.69) is 5.32 Å². The molecule has 0 fully saturated rings. The Kier molecular flexibility index (Phi) is 5.08. The molecule has 1 unspecified atom stereocenters. The SMILES string of the molecule is CC(C)C(NC(=O)C=CC(=O)O)C(N)=O. The lowest BCUT2D eigenvalue weighted by molar-refractivity contribution is -0.131. The predicted octanol–water partition coefficient (Wildman–Crippen LogP) is -0.747. The van der Waals surface area contributed by atoms with Crippen LogP contribution in [-0.4, -0.2) is 28.9 Å². The lowest BCUT2D eigenvalue weighted by Crippen LogP contribution is -2.47. The zero-order chi connectivity index (χ0) is 12.0. The average molecular weight is 214 g/mol. The molecule has 0 radical (unpaired) electrons. The van der Waals surface area contributed by atoms with Gasteiger partial charge in [0.1, 0.15) is 6.04 Å². The van der Waals surface area contributed by atoms with Crippen molar-refractivity contribution >= 4 is 17.8 Å². The fourth-order valence-corrected chi connectivity index (χ4v) is 0.915. The summed E-state index contributed by atoms with van der Waals surface area (Å²) in [6, 6.07) is -0.795. The fourth-order valence-electron chi connectivity index (χ4n) is 0.915. The van der Waals surface area contributed by atoms with Gasteiger partial charge in [0, 0.05) is 12.2 Å². The largest absolute Gasteiger partial charge is 0.478 e. The van der Waals surface area contributed by atoms with Crippen LogP contribution in [0, 0.1) is 5.92 Å². The van der Waals surface area contributed by atoms with Crippen LogP contribution in [0.4, 0.5) is 0 Å². The third kappa shape index (κ3) is 5.45. The number of carboxylic acid groups (broad SMARTS) is 1. The Bertz CT molecular complexity index is 296. The molecule has 0 aromatic heterocycles. The van der Waals surface area contributed by atoms with Gasteiger partial charge in [-0.1, -0.05) is 13.8 Å². The molecule has 4 N–H and O–H groups in total. The minimum absolute atomic E-state index is 0.148.